The van der Waals surface area contributed by atoms with E-state index in [1.807, 2.05) is 0 Å². The second kappa shape index (κ2) is 7.75. The molecule has 144 valence electrons. The summed E-state index contributed by atoms with van der Waals surface area (Å²) in [6.07, 6.45) is -0.623. The van der Waals surface area contributed by atoms with Crippen molar-refractivity contribution in [2.75, 3.05) is 20.8 Å². The normalized spacial score (nSPS) is 20.2. The van der Waals surface area contributed by atoms with E-state index in [4.69, 9.17) is 14.2 Å². The predicted molar refractivity (Wildman–Crippen MR) is 95.9 cm³/mol. The third kappa shape index (κ3) is 3.78. The number of ether oxygens (including phenoxy) is 3. The van der Waals surface area contributed by atoms with Gasteiger partial charge in [0.05, 0.1) is 32.8 Å². The topological polar surface area (TPSA) is 105 Å². The molecular formula is C20H22O7. The number of rotatable bonds is 6. The summed E-state index contributed by atoms with van der Waals surface area (Å²) in [5, 5.41) is 30.3. The van der Waals surface area contributed by atoms with Crippen LogP contribution in [0.3, 0.4) is 0 Å². The second-order valence-corrected chi connectivity index (χ2v) is 6.49. The molecular weight excluding hydrogens is 352 g/mol. The summed E-state index contributed by atoms with van der Waals surface area (Å²) >= 11 is 0. The molecule has 3 rings (SSSR count). The highest BCUT2D eigenvalue weighted by Gasteiger charge is 2.41. The van der Waals surface area contributed by atoms with Crippen molar-refractivity contribution >= 4 is 5.97 Å². The predicted octanol–water partition coefficient (Wildman–Crippen LogP) is 2.18. The lowest BCUT2D eigenvalue weighted by molar-refractivity contribution is -0.141. The molecule has 0 amide bonds. The highest BCUT2D eigenvalue weighted by atomic mass is 16.5. The van der Waals surface area contributed by atoms with Gasteiger partial charge in [-0.3, -0.25) is 4.79 Å². The van der Waals surface area contributed by atoms with E-state index >= 15 is 0 Å². The van der Waals surface area contributed by atoms with Crippen LogP contribution < -0.4 is 9.47 Å². The average Bonchev–Trinajstić information content (AvgIpc) is 3.03. The zero-order chi connectivity index (χ0) is 19.6. The van der Waals surface area contributed by atoms with Gasteiger partial charge in [-0.15, -0.1) is 0 Å². The number of aromatic hydroxyl groups is 2. The summed E-state index contributed by atoms with van der Waals surface area (Å²) in [5.41, 5.74) is 1.32. The molecule has 1 fully saturated rings. The van der Waals surface area contributed by atoms with Crippen LogP contribution in [0, 0.1) is 11.8 Å². The minimum atomic E-state index is -0.963. The van der Waals surface area contributed by atoms with Crippen molar-refractivity contribution in [1.82, 2.24) is 0 Å². The van der Waals surface area contributed by atoms with Gasteiger partial charge in [-0.2, -0.15) is 0 Å². The van der Waals surface area contributed by atoms with Crippen LogP contribution in [0.25, 0.3) is 0 Å². The molecule has 2 aromatic carbocycles. The molecule has 3 atom stereocenters. The molecule has 0 aliphatic carbocycles. The van der Waals surface area contributed by atoms with Crippen molar-refractivity contribution < 1.29 is 34.3 Å². The lowest BCUT2D eigenvalue weighted by atomic mass is 9.83. The number of benzene rings is 2. The van der Waals surface area contributed by atoms with E-state index in [9.17, 15) is 20.1 Å². The van der Waals surface area contributed by atoms with Crippen LogP contribution in [0.5, 0.6) is 23.0 Å². The number of esters is 1. The third-order valence-electron chi connectivity index (χ3n) is 4.89. The molecule has 1 saturated heterocycles. The van der Waals surface area contributed by atoms with Crippen molar-refractivity contribution in [3.05, 3.63) is 47.5 Å². The zero-order valence-corrected chi connectivity index (χ0v) is 15.1. The second-order valence-electron chi connectivity index (χ2n) is 6.49. The lowest BCUT2D eigenvalue weighted by Crippen LogP contribution is -2.24. The van der Waals surface area contributed by atoms with E-state index in [2.05, 4.69) is 0 Å². The van der Waals surface area contributed by atoms with Gasteiger partial charge in [0.2, 0.25) is 0 Å². The molecule has 1 heterocycles. The summed E-state index contributed by atoms with van der Waals surface area (Å²) in [7, 11) is 2.88. The van der Waals surface area contributed by atoms with Crippen LogP contribution in [-0.4, -0.2) is 42.1 Å². The molecule has 0 radical (unpaired) electrons. The van der Waals surface area contributed by atoms with Crippen molar-refractivity contribution in [3.63, 3.8) is 0 Å². The van der Waals surface area contributed by atoms with E-state index < -0.39 is 17.9 Å². The average molecular weight is 374 g/mol. The fraction of sp³-hybridized carbons (Fsp3) is 0.350. The molecule has 27 heavy (non-hydrogen) atoms. The molecule has 0 saturated carbocycles. The SMILES string of the molecule is COc1cc(C[C@@H]2C(=O)OC[C@H]2[C@H](O)c2ccc(O)c(OC)c2)ccc1O. The molecule has 0 spiro atoms. The number of phenolic OH excluding ortho intramolecular Hbond substituents is 2. The number of hydrogen-bond donors (Lipinski definition) is 3. The molecule has 1 aliphatic heterocycles. The molecule has 3 N–H and O–H groups in total. The van der Waals surface area contributed by atoms with Gasteiger partial charge in [-0.25, -0.2) is 0 Å². The standard InChI is InChI=1S/C20H22O7/c1-25-17-8-11(3-5-15(17)21)7-13-14(10-27-20(13)24)19(23)12-4-6-16(22)18(9-12)26-2/h3-6,8-9,13-14,19,21-23H,7,10H2,1-2H3/t13-,14+,19+/m0/s1. The minimum Gasteiger partial charge on any atom is -0.504 e. The molecule has 7 heteroatoms. The third-order valence-corrected chi connectivity index (χ3v) is 4.89. The Morgan fingerprint density at radius 2 is 1.70 bits per heavy atom. The van der Waals surface area contributed by atoms with Crippen LogP contribution in [-0.2, 0) is 16.0 Å². The Hall–Kier alpha value is -2.93. The Labute approximate surface area is 156 Å². The Morgan fingerprint density at radius 1 is 1.07 bits per heavy atom. The van der Waals surface area contributed by atoms with Gasteiger partial charge in [-0.1, -0.05) is 12.1 Å². The smallest absolute Gasteiger partial charge is 0.309 e. The number of phenols is 2. The number of methoxy groups -OCH3 is 2. The number of aliphatic hydroxyl groups excluding tert-OH is 1. The number of cyclic esters (lactones) is 1. The van der Waals surface area contributed by atoms with Gasteiger partial charge in [0, 0.05) is 5.92 Å². The van der Waals surface area contributed by atoms with E-state index in [0.717, 1.165) is 5.56 Å². The number of hydrogen-bond acceptors (Lipinski definition) is 7. The quantitative estimate of drug-likeness (QED) is 0.666. The minimum absolute atomic E-state index is 0.0167. The highest BCUT2D eigenvalue weighted by molar-refractivity contribution is 5.75. The summed E-state index contributed by atoms with van der Waals surface area (Å²) in [5.74, 6) is -0.823. The van der Waals surface area contributed by atoms with E-state index in [0.29, 0.717) is 17.7 Å². The first kappa shape index (κ1) is 18.8. The zero-order valence-electron chi connectivity index (χ0n) is 15.1. The highest BCUT2D eigenvalue weighted by Crippen LogP contribution is 2.39. The molecule has 7 nitrogen and oxygen atoms in total. The van der Waals surface area contributed by atoms with E-state index in [1.165, 1.54) is 26.4 Å². The van der Waals surface area contributed by atoms with Gasteiger partial charge in [-0.05, 0) is 41.8 Å². The molecule has 0 aromatic heterocycles. The van der Waals surface area contributed by atoms with Gasteiger partial charge in [0.1, 0.15) is 0 Å². The maximum atomic E-state index is 12.2. The maximum absolute atomic E-state index is 12.2. The fourth-order valence-electron chi connectivity index (χ4n) is 3.35. The number of carbonyl (C=O) groups excluding carboxylic acids is 1. The van der Waals surface area contributed by atoms with Crippen molar-refractivity contribution in [2.45, 2.75) is 12.5 Å². The first-order valence-electron chi connectivity index (χ1n) is 8.52. The van der Waals surface area contributed by atoms with Crippen molar-refractivity contribution in [2.24, 2.45) is 11.8 Å². The Bertz CT molecular complexity index is 833. The summed E-state index contributed by atoms with van der Waals surface area (Å²) in [6, 6.07) is 9.44. The first-order valence-corrected chi connectivity index (χ1v) is 8.52. The van der Waals surface area contributed by atoms with E-state index in [-0.39, 0.29) is 29.8 Å². The van der Waals surface area contributed by atoms with Gasteiger partial charge < -0.3 is 29.5 Å². The van der Waals surface area contributed by atoms with Gasteiger partial charge in [0.25, 0.3) is 0 Å². The van der Waals surface area contributed by atoms with Crippen molar-refractivity contribution in [3.8, 4) is 23.0 Å². The Morgan fingerprint density at radius 3 is 2.37 bits per heavy atom. The van der Waals surface area contributed by atoms with Gasteiger partial charge >= 0.3 is 5.97 Å². The van der Waals surface area contributed by atoms with Crippen molar-refractivity contribution in [1.29, 1.82) is 0 Å². The molecule has 0 unspecified atom stereocenters. The summed E-state index contributed by atoms with van der Waals surface area (Å²) in [6.45, 7) is 0.100. The Kier molecular flexibility index (Phi) is 5.41. The van der Waals surface area contributed by atoms with Crippen LogP contribution in [0.2, 0.25) is 0 Å². The van der Waals surface area contributed by atoms with Gasteiger partial charge in [0.15, 0.2) is 23.0 Å². The number of carbonyl (C=O) groups is 1. The Balaban J connectivity index is 1.83. The van der Waals surface area contributed by atoms with Crippen LogP contribution >= 0.6 is 0 Å². The molecule has 1 aliphatic rings. The summed E-state index contributed by atoms with van der Waals surface area (Å²) < 4.78 is 15.4. The number of aliphatic hydroxyl groups is 1. The lowest BCUT2D eigenvalue weighted by Gasteiger charge is -2.22. The summed E-state index contributed by atoms with van der Waals surface area (Å²) in [4.78, 5) is 12.2. The monoisotopic (exact) mass is 374 g/mol. The van der Waals surface area contributed by atoms with Crippen LogP contribution in [0.1, 0.15) is 17.2 Å². The molecule has 2 aromatic rings. The first-order chi connectivity index (χ1) is 12.9. The fourth-order valence-corrected chi connectivity index (χ4v) is 3.35. The maximum Gasteiger partial charge on any atom is 0.309 e. The van der Waals surface area contributed by atoms with Crippen LogP contribution in [0.4, 0.5) is 0 Å². The van der Waals surface area contributed by atoms with E-state index in [1.54, 1.807) is 24.3 Å². The van der Waals surface area contributed by atoms with Crippen LogP contribution in [0.15, 0.2) is 36.4 Å². The molecule has 0 bridgehead atoms. The largest absolute Gasteiger partial charge is 0.504 e.